The van der Waals surface area contributed by atoms with Gasteiger partial charge in [-0.05, 0) is 55.3 Å². The van der Waals surface area contributed by atoms with E-state index in [4.69, 9.17) is 0 Å². The zero-order valence-corrected chi connectivity index (χ0v) is 13.1. The predicted molar refractivity (Wildman–Crippen MR) is 85.2 cm³/mol. The monoisotopic (exact) mass is 278 g/mol. The van der Waals surface area contributed by atoms with Crippen LogP contribution in [0.4, 0.5) is 0 Å². The summed E-state index contributed by atoms with van der Waals surface area (Å²) >= 11 is 0. The minimum absolute atomic E-state index is 0.800. The van der Waals surface area contributed by atoms with Gasteiger partial charge in [-0.1, -0.05) is 51.5 Å². The van der Waals surface area contributed by atoms with Crippen LogP contribution in [0.25, 0.3) is 0 Å². The van der Waals surface area contributed by atoms with Gasteiger partial charge in [-0.3, -0.25) is 0 Å². The number of hydrogen-bond acceptors (Lipinski definition) is 2. The summed E-state index contributed by atoms with van der Waals surface area (Å²) in [5, 5.41) is 18.4. The second-order valence-electron chi connectivity index (χ2n) is 6.96. The third-order valence-electron chi connectivity index (χ3n) is 5.59. The van der Waals surface area contributed by atoms with Crippen molar-refractivity contribution in [2.24, 2.45) is 17.8 Å². The molecular weight excluding hydrogens is 247 g/mol. The van der Waals surface area contributed by atoms with Crippen molar-refractivity contribution in [3.05, 3.63) is 11.5 Å². The zero-order chi connectivity index (χ0) is 14.4. The lowest BCUT2D eigenvalue weighted by Crippen LogP contribution is -2.26. The average molecular weight is 278 g/mol. The number of allylic oxidation sites excluding steroid dienone is 2. The second kappa shape index (κ2) is 8.24. The van der Waals surface area contributed by atoms with Crippen LogP contribution in [0.5, 0.6) is 0 Å². The first-order valence-corrected chi connectivity index (χ1v) is 8.75. The molecule has 114 valence electrons. The van der Waals surface area contributed by atoms with E-state index in [2.05, 4.69) is 13.0 Å². The standard InChI is InChI=1S/C17H31BO2/c1-2-3-4-5-14-6-8-15(9-7-14)16-10-12-17(13-11-16)18(19)20/h12,14-16,19-20H,2-11,13H2,1H3/t14?,15?,16-/m0/s1. The van der Waals surface area contributed by atoms with Crippen molar-refractivity contribution in [3.8, 4) is 0 Å². The first-order valence-electron chi connectivity index (χ1n) is 8.75. The lowest BCUT2D eigenvalue weighted by molar-refractivity contribution is 0.185. The van der Waals surface area contributed by atoms with Crippen LogP contribution in [0.1, 0.15) is 77.6 Å². The fourth-order valence-electron chi connectivity index (χ4n) is 4.17. The highest BCUT2D eigenvalue weighted by atomic mass is 16.4. The Morgan fingerprint density at radius 2 is 1.80 bits per heavy atom. The van der Waals surface area contributed by atoms with Crippen LogP contribution in [0.15, 0.2) is 11.5 Å². The minimum Gasteiger partial charge on any atom is -0.423 e. The molecule has 2 nitrogen and oxygen atoms in total. The van der Waals surface area contributed by atoms with Crippen molar-refractivity contribution < 1.29 is 10.0 Å². The SMILES string of the molecule is CCCCCC1CCC([C@H]2CC=C(B(O)O)CC2)CC1. The molecule has 0 bridgehead atoms. The molecule has 0 aromatic carbocycles. The first kappa shape index (κ1) is 16.1. The van der Waals surface area contributed by atoms with Crippen LogP contribution in [-0.4, -0.2) is 17.2 Å². The Morgan fingerprint density at radius 1 is 1.05 bits per heavy atom. The van der Waals surface area contributed by atoms with Gasteiger partial charge >= 0.3 is 7.12 Å². The Labute approximate surface area is 124 Å². The van der Waals surface area contributed by atoms with Crippen LogP contribution >= 0.6 is 0 Å². The number of unbranched alkanes of at least 4 members (excludes halogenated alkanes) is 2. The lowest BCUT2D eigenvalue weighted by atomic mass is 9.66. The molecule has 0 aromatic rings. The quantitative estimate of drug-likeness (QED) is 0.567. The summed E-state index contributed by atoms with van der Waals surface area (Å²) < 4.78 is 0. The molecule has 2 aliphatic rings. The molecule has 1 atom stereocenters. The van der Waals surface area contributed by atoms with Gasteiger partial charge in [0.2, 0.25) is 0 Å². The van der Waals surface area contributed by atoms with Gasteiger partial charge in [-0.15, -0.1) is 0 Å². The molecule has 1 fully saturated rings. The molecular formula is C17H31BO2. The smallest absolute Gasteiger partial charge is 0.423 e. The largest absolute Gasteiger partial charge is 0.483 e. The van der Waals surface area contributed by atoms with Gasteiger partial charge in [-0.2, -0.15) is 0 Å². The fraction of sp³-hybridized carbons (Fsp3) is 0.882. The van der Waals surface area contributed by atoms with E-state index in [1.54, 1.807) is 0 Å². The van der Waals surface area contributed by atoms with Gasteiger partial charge in [-0.25, -0.2) is 0 Å². The molecule has 0 unspecified atom stereocenters. The maximum atomic E-state index is 9.20. The minimum atomic E-state index is -1.22. The molecule has 0 aromatic heterocycles. The van der Waals surface area contributed by atoms with Gasteiger partial charge in [0, 0.05) is 0 Å². The third-order valence-corrected chi connectivity index (χ3v) is 5.59. The van der Waals surface area contributed by atoms with E-state index in [1.807, 2.05) is 0 Å². The summed E-state index contributed by atoms with van der Waals surface area (Å²) in [7, 11) is -1.22. The molecule has 0 saturated heterocycles. The summed E-state index contributed by atoms with van der Waals surface area (Å²) in [6, 6.07) is 0. The molecule has 1 saturated carbocycles. The number of hydrogen-bond donors (Lipinski definition) is 2. The predicted octanol–water partition coefficient (Wildman–Crippen LogP) is 4.11. The third kappa shape index (κ3) is 4.63. The molecule has 2 N–H and O–H groups in total. The van der Waals surface area contributed by atoms with E-state index in [9.17, 15) is 10.0 Å². The lowest BCUT2D eigenvalue weighted by Gasteiger charge is -2.35. The van der Waals surface area contributed by atoms with Crippen molar-refractivity contribution in [3.63, 3.8) is 0 Å². The van der Waals surface area contributed by atoms with Crippen molar-refractivity contribution in [1.82, 2.24) is 0 Å². The maximum absolute atomic E-state index is 9.20. The molecule has 0 heterocycles. The molecule has 3 heteroatoms. The van der Waals surface area contributed by atoms with E-state index < -0.39 is 7.12 Å². The molecule has 2 aliphatic carbocycles. The summed E-state index contributed by atoms with van der Waals surface area (Å²) in [6.45, 7) is 2.28. The van der Waals surface area contributed by atoms with Gasteiger partial charge in [0.1, 0.15) is 0 Å². The molecule has 20 heavy (non-hydrogen) atoms. The summed E-state index contributed by atoms with van der Waals surface area (Å²) in [6.07, 6.45) is 16.5. The first-order chi connectivity index (χ1) is 9.70. The van der Waals surface area contributed by atoms with Crippen molar-refractivity contribution in [2.45, 2.75) is 77.6 Å². The van der Waals surface area contributed by atoms with E-state index >= 15 is 0 Å². The Hall–Kier alpha value is -0.275. The zero-order valence-electron chi connectivity index (χ0n) is 13.1. The fourth-order valence-corrected chi connectivity index (χ4v) is 4.17. The van der Waals surface area contributed by atoms with E-state index in [1.165, 1.54) is 51.4 Å². The Bertz CT molecular complexity index is 306. The van der Waals surface area contributed by atoms with Crippen molar-refractivity contribution in [2.75, 3.05) is 0 Å². The molecule has 0 radical (unpaired) electrons. The van der Waals surface area contributed by atoms with E-state index in [-0.39, 0.29) is 0 Å². The summed E-state index contributed by atoms with van der Waals surface area (Å²) in [5.74, 6) is 2.69. The van der Waals surface area contributed by atoms with E-state index in [0.717, 1.165) is 42.5 Å². The molecule has 0 spiro atoms. The molecule has 0 aliphatic heterocycles. The summed E-state index contributed by atoms with van der Waals surface area (Å²) in [4.78, 5) is 0. The highest BCUT2D eigenvalue weighted by Crippen LogP contribution is 2.40. The highest BCUT2D eigenvalue weighted by Gasteiger charge is 2.29. The number of rotatable bonds is 6. The van der Waals surface area contributed by atoms with Crippen LogP contribution < -0.4 is 0 Å². The molecule has 0 amide bonds. The van der Waals surface area contributed by atoms with Gasteiger partial charge < -0.3 is 10.0 Å². The van der Waals surface area contributed by atoms with Gasteiger partial charge in [0.15, 0.2) is 0 Å². The van der Waals surface area contributed by atoms with Crippen molar-refractivity contribution in [1.29, 1.82) is 0 Å². The van der Waals surface area contributed by atoms with Crippen molar-refractivity contribution >= 4 is 7.12 Å². The van der Waals surface area contributed by atoms with Gasteiger partial charge in [0.25, 0.3) is 0 Å². The maximum Gasteiger partial charge on any atom is 0.483 e. The van der Waals surface area contributed by atoms with Crippen LogP contribution in [0, 0.1) is 17.8 Å². The molecule has 2 rings (SSSR count). The Balaban J connectivity index is 1.69. The average Bonchev–Trinajstić information content (AvgIpc) is 2.48. The van der Waals surface area contributed by atoms with Crippen LogP contribution in [-0.2, 0) is 0 Å². The topological polar surface area (TPSA) is 40.5 Å². The normalized spacial score (nSPS) is 30.9. The second-order valence-corrected chi connectivity index (χ2v) is 6.96. The Kier molecular flexibility index (Phi) is 6.63. The van der Waals surface area contributed by atoms with Crippen LogP contribution in [0.2, 0.25) is 0 Å². The van der Waals surface area contributed by atoms with Gasteiger partial charge in [0.05, 0.1) is 0 Å². The Morgan fingerprint density at radius 3 is 2.35 bits per heavy atom. The van der Waals surface area contributed by atoms with E-state index in [0.29, 0.717) is 0 Å². The van der Waals surface area contributed by atoms with Crippen LogP contribution in [0.3, 0.4) is 0 Å². The highest BCUT2D eigenvalue weighted by molar-refractivity contribution is 6.50. The summed E-state index contributed by atoms with van der Waals surface area (Å²) in [5.41, 5.74) is 0.842.